The Balaban J connectivity index is 1.94. The average Bonchev–Trinajstić information content (AvgIpc) is 2.97. The fourth-order valence-corrected chi connectivity index (χ4v) is 2.33. The van der Waals surface area contributed by atoms with Crippen LogP contribution in [0.1, 0.15) is 37.0 Å². The predicted octanol–water partition coefficient (Wildman–Crippen LogP) is 1.61. The highest BCUT2D eigenvalue weighted by molar-refractivity contribution is 7.88. The molecule has 1 heterocycles. The van der Waals surface area contributed by atoms with Crippen molar-refractivity contribution in [3.05, 3.63) is 41.5 Å². The molecule has 8 nitrogen and oxygen atoms in total. The maximum absolute atomic E-state index is 11.9. The number of carbonyl (C=O) groups excluding carboxylic acids is 1. The molecule has 0 radical (unpaired) electrons. The molecule has 1 aromatic heterocycles. The third kappa shape index (κ3) is 5.64. The van der Waals surface area contributed by atoms with Crippen LogP contribution >= 0.6 is 0 Å². The van der Waals surface area contributed by atoms with Crippen LogP contribution in [0.5, 0.6) is 0 Å². The van der Waals surface area contributed by atoms with E-state index >= 15 is 0 Å². The number of aromatic nitrogens is 2. The topological polar surface area (TPSA) is 105 Å². The van der Waals surface area contributed by atoms with Crippen molar-refractivity contribution >= 4 is 21.6 Å². The summed E-state index contributed by atoms with van der Waals surface area (Å²) >= 11 is 0. The Morgan fingerprint density at radius 1 is 1.28 bits per heavy atom. The smallest absolute Gasteiger partial charge is 0.239 e. The molecule has 0 saturated carbocycles. The molecule has 0 atom stereocenters. The molecule has 2 aromatic rings. The maximum atomic E-state index is 11.9. The highest BCUT2D eigenvalue weighted by Gasteiger charge is 2.15. The summed E-state index contributed by atoms with van der Waals surface area (Å²) in [5, 5.41) is 6.60. The Hall–Kier alpha value is -2.26. The first-order valence-corrected chi connectivity index (χ1v) is 9.62. The van der Waals surface area contributed by atoms with Crippen molar-refractivity contribution in [3.63, 3.8) is 0 Å². The van der Waals surface area contributed by atoms with Crippen LogP contribution in [0.4, 0.5) is 5.69 Å². The van der Waals surface area contributed by atoms with Gasteiger partial charge in [0, 0.05) is 25.1 Å². The molecule has 1 N–H and O–H groups in total. The maximum Gasteiger partial charge on any atom is 0.239 e. The summed E-state index contributed by atoms with van der Waals surface area (Å²) < 4.78 is 28.8. The summed E-state index contributed by atoms with van der Waals surface area (Å²) in [4.78, 5) is 16.2. The molecule has 0 spiro atoms. The lowest BCUT2D eigenvalue weighted by Gasteiger charge is -2.13. The number of nitrogens with one attached hydrogen (secondary N) is 1. The summed E-state index contributed by atoms with van der Waals surface area (Å²) in [5.74, 6) is 0.994. The largest absolute Gasteiger partial charge is 0.339 e. The summed E-state index contributed by atoms with van der Waals surface area (Å²) in [6.45, 7) is 3.73. The van der Waals surface area contributed by atoms with Crippen LogP contribution in [0.15, 0.2) is 28.8 Å². The number of anilines is 1. The van der Waals surface area contributed by atoms with Gasteiger partial charge in [0.15, 0.2) is 5.82 Å². The third-order valence-corrected chi connectivity index (χ3v) is 4.77. The van der Waals surface area contributed by atoms with Gasteiger partial charge in [0.05, 0.1) is 12.8 Å². The molecule has 0 aliphatic carbocycles. The standard InChI is InChI=1S/C16H22N4O4S/c1-11(2)16-18-14(19-24-16)9-12-5-7-13(8-6-12)17-15(21)10-20(3)25(4,22)23/h5-8,11H,9-10H2,1-4H3,(H,17,21). The van der Waals surface area contributed by atoms with Crippen LogP contribution in [0, 0.1) is 0 Å². The number of rotatable bonds is 7. The van der Waals surface area contributed by atoms with Crippen molar-refractivity contribution in [2.75, 3.05) is 25.2 Å². The zero-order chi connectivity index (χ0) is 18.6. The molecule has 1 aromatic carbocycles. The van der Waals surface area contributed by atoms with E-state index in [0.717, 1.165) is 16.1 Å². The quantitative estimate of drug-likeness (QED) is 0.798. The zero-order valence-electron chi connectivity index (χ0n) is 14.7. The fourth-order valence-electron chi connectivity index (χ4n) is 1.98. The molecule has 136 valence electrons. The number of hydrogen-bond donors (Lipinski definition) is 1. The summed E-state index contributed by atoms with van der Waals surface area (Å²) in [5.41, 5.74) is 1.56. The Bertz CT molecular complexity index is 828. The number of nitrogens with zero attached hydrogens (tertiary/aromatic N) is 3. The van der Waals surface area contributed by atoms with Crippen LogP contribution in [0.3, 0.4) is 0 Å². The van der Waals surface area contributed by atoms with Gasteiger partial charge in [0.25, 0.3) is 0 Å². The van der Waals surface area contributed by atoms with E-state index in [4.69, 9.17) is 4.52 Å². The van der Waals surface area contributed by atoms with Crippen LogP contribution in [0.25, 0.3) is 0 Å². The fraction of sp³-hybridized carbons (Fsp3) is 0.438. The number of benzene rings is 1. The normalized spacial score (nSPS) is 11.9. The van der Waals surface area contributed by atoms with Crippen LogP contribution in [-0.2, 0) is 21.2 Å². The van der Waals surface area contributed by atoms with Gasteiger partial charge < -0.3 is 9.84 Å². The lowest BCUT2D eigenvalue weighted by Crippen LogP contribution is -2.34. The number of sulfonamides is 1. The average molecular weight is 366 g/mol. The first kappa shape index (κ1) is 19.1. The molecule has 0 saturated heterocycles. The lowest BCUT2D eigenvalue weighted by atomic mass is 10.1. The Morgan fingerprint density at radius 2 is 1.92 bits per heavy atom. The number of amides is 1. The van der Waals surface area contributed by atoms with Crippen molar-refractivity contribution in [2.45, 2.75) is 26.2 Å². The van der Waals surface area contributed by atoms with Crippen LogP contribution in [0.2, 0.25) is 0 Å². The molecule has 0 bridgehead atoms. The summed E-state index contributed by atoms with van der Waals surface area (Å²) in [6, 6.07) is 7.19. The first-order valence-electron chi connectivity index (χ1n) is 7.77. The summed E-state index contributed by atoms with van der Waals surface area (Å²) in [6.07, 6.45) is 1.58. The molecule has 1 amide bonds. The molecule has 9 heteroatoms. The molecule has 0 fully saturated rings. The lowest BCUT2D eigenvalue weighted by molar-refractivity contribution is -0.116. The van der Waals surface area contributed by atoms with E-state index in [9.17, 15) is 13.2 Å². The van der Waals surface area contributed by atoms with E-state index in [1.54, 1.807) is 12.1 Å². The minimum absolute atomic E-state index is 0.184. The monoisotopic (exact) mass is 366 g/mol. The van der Waals surface area contributed by atoms with Crippen LogP contribution in [-0.4, -0.2) is 48.6 Å². The SMILES string of the molecule is CC(C)c1nc(Cc2ccc(NC(=O)CN(C)S(C)(=O)=O)cc2)no1. The first-order chi connectivity index (χ1) is 11.6. The van der Waals surface area contributed by atoms with Crippen molar-refractivity contribution in [2.24, 2.45) is 0 Å². The van der Waals surface area contributed by atoms with Gasteiger partial charge in [-0.25, -0.2) is 8.42 Å². The second-order valence-electron chi connectivity index (χ2n) is 6.14. The van der Waals surface area contributed by atoms with Gasteiger partial charge in [-0.1, -0.05) is 31.1 Å². The van der Waals surface area contributed by atoms with Crippen molar-refractivity contribution < 1.29 is 17.7 Å². The van der Waals surface area contributed by atoms with E-state index in [2.05, 4.69) is 15.5 Å². The minimum atomic E-state index is -3.39. The van der Waals surface area contributed by atoms with Gasteiger partial charge in [-0.3, -0.25) is 4.79 Å². The minimum Gasteiger partial charge on any atom is -0.339 e. The highest BCUT2D eigenvalue weighted by atomic mass is 32.2. The second kappa shape index (κ2) is 7.75. The Morgan fingerprint density at radius 3 is 2.44 bits per heavy atom. The molecule has 25 heavy (non-hydrogen) atoms. The third-order valence-electron chi connectivity index (χ3n) is 3.51. The molecular formula is C16H22N4O4S. The zero-order valence-corrected chi connectivity index (χ0v) is 15.5. The number of carbonyl (C=O) groups is 1. The molecule has 0 unspecified atom stereocenters. The summed E-state index contributed by atoms with van der Waals surface area (Å²) in [7, 11) is -2.03. The van der Waals surface area contributed by atoms with Gasteiger partial charge in [-0.2, -0.15) is 9.29 Å². The van der Waals surface area contributed by atoms with E-state index < -0.39 is 15.9 Å². The number of likely N-dealkylation sites (N-methyl/N-ethyl adjacent to an activating group) is 1. The Labute approximate surface area is 147 Å². The van der Waals surface area contributed by atoms with Gasteiger partial charge in [-0.05, 0) is 17.7 Å². The van der Waals surface area contributed by atoms with E-state index in [1.165, 1.54) is 7.05 Å². The van der Waals surface area contributed by atoms with Gasteiger partial charge in [0.1, 0.15) is 0 Å². The van der Waals surface area contributed by atoms with Gasteiger partial charge in [0.2, 0.25) is 21.8 Å². The molecule has 0 aliphatic rings. The van der Waals surface area contributed by atoms with Gasteiger partial charge in [-0.15, -0.1) is 0 Å². The Kier molecular flexibility index (Phi) is 5.91. The molecule has 0 aliphatic heterocycles. The predicted molar refractivity (Wildman–Crippen MR) is 93.7 cm³/mol. The second-order valence-corrected chi connectivity index (χ2v) is 8.23. The van der Waals surface area contributed by atoms with E-state index in [-0.39, 0.29) is 12.5 Å². The van der Waals surface area contributed by atoms with Gasteiger partial charge >= 0.3 is 0 Å². The van der Waals surface area contributed by atoms with Crippen molar-refractivity contribution in [1.29, 1.82) is 0 Å². The van der Waals surface area contributed by atoms with E-state index in [1.807, 2.05) is 26.0 Å². The molecule has 2 rings (SSSR count). The number of hydrogen-bond acceptors (Lipinski definition) is 6. The van der Waals surface area contributed by atoms with Crippen LogP contribution < -0.4 is 5.32 Å². The highest BCUT2D eigenvalue weighted by Crippen LogP contribution is 2.15. The molecular weight excluding hydrogens is 344 g/mol. The van der Waals surface area contributed by atoms with E-state index in [0.29, 0.717) is 23.8 Å². The van der Waals surface area contributed by atoms with Crippen molar-refractivity contribution in [1.82, 2.24) is 14.4 Å². The van der Waals surface area contributed by atoms with Crippen molar-refractivity contribution in [3.8, 4) is 0 Å².